The fourth-order valence-electron chi connectivity index (χ4n) is 2.13. The van der Waals surface area contributed by atoms with Crippen LogP contribution in [0.5, 0.6) is 0 Å². The van der Waals surface area contributed by atoms with Crippen LogP contribution in [-0.2, 0) is 9.59 Å². The smallest absolute Gasteiger partial charge is 0.266 e. The van der Waals surface area contributed by atoms with Crippen LogP contribution in [-0.4, -0.2) is 27.6 Å². The monoisotopic (exact) mass is 378 g/mol. The van der Waals surface area contributed by atoms with Crippen LogP contribution in [0.25, 0.3) is 17.4 Å². The number of carbonyl (C=O) groups is 2. The first-order valence-electron chi connectivity index (χ1n) is 6.75. The average molecular weight is 379 g/mol. The van der Waals surface area contributed by atoms with E-state index in [0.717, 1.165) is 22.2 Å². The molecule has 0 radical (unpaired) electrons. The number of halogens is 1. The summed E-state index contributed by atoms with van der Waals surface area (Å²) in [7, 11) is 0. The molecule has 1 fully saturated rings. The normalized spacial score (nSPS) is 16.2. The van der Waals surface area contributed by atoms with Crippen molar-refractivity contribution < 1.29 is 19.1 Å². The highest BCUT2D eigenvalue weighted by molar-refractivity contribution is 8.26. The molecule has 24 heavy (non-hydrogen) atoms. The van der Waals surface area contributed by atoms with E-state index in [0.29, 0.717) is 21.4 Å². The van der Waals surface area contributed by atoms with Crippen molar-refractivity contribution in [1.82, 2.24) is 4.90 Å². The number of carbonyl (C=O) groups excluding carboxylic acids is 2. The number of thioether (sulfide) groups is 1. The molecule has 122 valence electrons. The molecule has 1 aliphatic heterocycles. The highest BCUT2D eigenvalue weighted by atomic mass is 35.5. The number of hydrogen-bond donors (Lipinski definition) is 0. The molecule has 0 N–H and O–H groups in total. The zero-order valence-corrected chi connectivity index (χ0v) is 14.4. The number of furan rings is 1. The molecule has 0 spiro atoms. The van der Waals surface area contributed by atoms with Crippen LogP contribution in [0, 0.1) is 0 Å². The molecule has 3 rings (SSSR count). The van der Waals surface area contributed by atoms with Gasteiger partial charge in [0.15, 0.2) is 0 Å². The van der Waals surface area contributed by atoms with Gasteiger partial charge in [0, 0.05) is 11.6 Å². The number of carboxylic acid groups (broad SMARTS) is 1. The second kappa shape index (κ2) is 6.80. The maximum atomic E-state index is 12.2. The summed E-state index contributed by atoms with van der Waals surface area (Å²) in [6.45, 7) is -0.564. The molecule has 2 heterocycles. The van der Waals surface area contributed by atoms with Crippen LogP contribution in [0.3, 0.4) is 0 Å². The largest absolute Gasteiger partial charge is 0.548 e. The molecule has 0 saturated carbocycles. The third kappa shape index (κ3) is 3.38. The molecule has 0 unspecified atom stereocenters. The van der Waals surface area contributed by atoms with Gasteiger partial charge in [-0.05, 0) is 24.3 Å². The Morgan fingerprint density at radius 3 is 2.79 bits per heavy atom. The first kappa shape index (κ1) is 16.8. The summed E-state index contributed by atoms with van der Waals surface area (Å²) in [4.78, 5) is 24.1. The molecular weight excluding hydrogens is 370 g/mol. The van der Waals surface area contributed by atoms with E-state index >= 15 is 0 Å². The Morgan fingerprint density at radius 1 is 1.33 bits per heavy atom. The van der Waals surface area contributed by atoms with E-state index in [2.05, 4.69) is 0 Å². The Labute approximate surface area is 151 Å². The number of aliphatic carboxylic acids is 1. The summed E-state index contributed by atoms with van der Waals surface area (Å²) in [6.07, 6.45) is 1.52. The summed E-state index contributed by atoms with van der Waals surface area (Å²) >= 11 is 12.2. The van der Waals surface area contributed by atoms with Gasteiger partial charge in [-0.25, -0.2) is 0 Å². The second-order valence-corrected chi connectivity index (χ2v) is 6.90. The lowest BCUT2D eigenvalue weighted by atomic mass is 10.2. The predicted octanol–water partition coefficient (Wildman–Crippen LogP) is 2.55. The lowest BCUT2D eigenvalue weighted by Crippen LogP contribution is -2.40. The molecular formula is C16H9ClNO4S2-. The second-order valence-electron chi connectivity index (χ2n) is 4.82. The molecule has 1 aromatic heterocycles. The minimum atomic E-state index is -1.37. The zero-order chi connectivity index (χ0) is 17.3. The fraction of sp³-hybridized carbons (Fsp3) is 0.0625. The van der Waals surface area contributed by atoms with E-state index in [-0.39, 0.29) is 4.32 Å². The van der Waals surface area contributed by atoms with Gasteiger partial charge in [0.25, 0.3) is 5.91 Å². The van der Waals surface area contributed by atoms with Crippen molar-refractivity contribution in [3.63, 3.8) is 0 Å². The molecule has 0 atom stereocenters. The Morgan fingerprint density at radius 2 is 2.08 bits per heavy atom. The first-order valence-corrected chi connectivity index (χ1v) is 8.36. The van der Waals surface area contributed by atoms with E-state index in [1.165, 1.54) is 6.08 Å². The minimum Gasteiger partial charge on any atom is -0.548 e. The minimum absolute atomic E-state index is 0.174. The number of rotatable bonds is 4. The van der Waals surface area contributed by atoms with E-state index in [1.54, 1.807) is 18.2 Å². The number of carboxylic acids is 1. The Balaban J connectivity index is 1.85. The summed E-state index contributed by atoms with van der Waals surface area (Å²) < 4.78 is 5.87. The van der Waals surface area contributed by atoms with Crippen molar-refractivity contribution in [3.05, 3.63) is 52.1 Å². The predicted molar refractivity (Wildman–Crippen MR) is 94.0 cm³/mol. The number of nitrogens with zero attached hydrogens (tertiary/aromatic N) is 1. The standard InChI is InChI=1S/C16H10ClNO4S2/c17-11-4-2-1-3-10(11)12-6-5-9(22-12)7-13-15(21)18(8-14(19)20)16(23)24-13/h1-7H,8H2,(H,19,20)/p-1/b13-7+. The van der Waals surface area contributed by atoms with Crippen LogP contribution in [0.4, 0.5) is 0 Å². The third-order valence-corrected chi connectivity index (χ3v) is 4.91. The van der Waals surface area contributed by atoms with Crippen LogP contribution in [0.15, 0.2) is 45.7 Å². The van der Waals surface area contributed by atoms with E-state index < -0.39 is 18.4 Å². The average Bonchev–Trinajstić information content (AvgIpc) is 3.08. The molecule has 0 bridgehead atoms. The van der Waals surface area contributed by atoms with Gasteiger partial charge in [-0.15, -0.1) is 0 Å². The summed E-state index contributed by atoms with van der Waals surface area (Å²) in [5.74, 6) is -0.840. The van der Waals surface area contributed by atoms with Crippen molar-refractivity contribution in [1.29, 1.82) is 0 Å². The van der Waals surface area contributed by atoms with Gasteiger partial charge < -0.3 is 14.3 Å². The lowest BCUT2D eigenvalue weighted by Gasteiger charge is -2.14. The molecule has 1 aliphatic rings. The van der Waals surface area contributed by atoms with Crippen LogP contribution in [0.1, 0.15) is 5.76 Å². The van der Waals surface area contributed by atoms with Crippen molar-refractivity contribution in [3.8, 4) is 11.3 Å². The van der Waals surface area contributed by atoms with Crippen molar-refractivity contribution in [2.75, 3.05) is 6.54 Å². The van der Waals surface area contributed by atoms with Crippen molar-refractivity contribution >= 4 is 57.9 Å². The van der Waals surface area contributed by atoms with Crippen LogP contribution >= 0.6 is 35.6 Å². The van der Waals surface area contributed by atoms with Gasteiger partial charge in [-0.1, -0.05) is 47.7 Å². The fourth-order valence-corrected chi connectivity index (χ4v) is 3.59. The lowest BCUT2D eigenvalue weighted by molar-refractivity contribution is -0.305. The van der Waals surface area contributed by atoms with E-state index in [9.17, 15) is 14.7 Å². The highest BCUT2D eigenvalue weighted by Gasteiger charge is 2.32. The van der Waals surface area contributed by atoms with Gasteiger partial charge in [0.1, 0.15) is 15.8 Å². The molecule has 1 aromatic carbocycles. The van der Waals surface area contributed by atoms with Gasteiger partial charge in [0.05, 0.1) is 22.4 Å². The maximum Gasteiger partial charge on any atom is 0.266 e. The molecule has 0 aliphatic carbocycles. The molecule has 2 aromatic rings. The maximum absolute atomic E-state index is 12.2. The third-order valence-electron chi connectivity index (χ3n) is 3.20. The number of thiocarbonyl (C=S) groups is 1. The highest BCUT2D eigenvalue weighted by Crippen LogP contribution is 2.34. The van der Waals surface area contributed by atoms with E-state index in [1.807, 2.05) is 18.2 Å². The topological polar surface area (TPSA) is 73.6 Å². The zero-order valence-electron chi connectivity index (χ0n) is 12.0. The number of hydrogen-bond acceptors (Lipinski definition) is 6. The first-order chi connectivity index (χ1) is 11.5. The van der Waals surface area contributed by atoms with E-state index in [4.69, 9.17) is 28.2 Å². The molecule has 1 saturated heterocycles. The van der Waals surface area contributed by atoms with Gasteiger partial charge in [-0.2, -0.15) is 0 Å². The summed E-state index contributed by atoms with van der Waals surface area (Å²) in [6, 6.07) is 10.7. The summed E-state index contributed by atoms with van der Waals surface area (Å²) in [5, 5.41) is 11.2. The van der Waals surface area contributed by atoms with Gasteiger partial charge in [-0.3, -0.25) is 9.69 Å². The summed E-state index contributed by atoms with van der Waals surface area (Å²) in [5.41, 5.74) is 0.739. The van der Waals surface area contributed by atoms with Crippen molar-refractivity contribution in [2.45, 2.75) is 0 Å². The quantitative estimate of drug-likeness (QED) is 0.601. The Hall–Kier alpha value is -2.09. The van der Waals surface area contributed by atoms with Crippen LogP contribution < -0.4 is 5.11 Å². The van der Waals surface area contributed by atoms with Crippen molar-refractivity contribution in [2.24, 2.45) is 0 Å². The molecule has 8 heteroatoms. The molecule has 5 nitrogen and oxygen atoms in total. The SMILES string of the molecule is O=C([O-])CN1C(=O)/C(=C\c2ccc(-c3ccccc3Cl)o2)SC1=S. The number of benzene rings is 1. The Bertz CT molecular complexity index is 874. The Kier molecular flexibility index (Phi) is 4.75. The molecule has 1 amide bonds. The van der Waals surface area contributed by atoms with Crippen LogP contribution in [0.2, 0.25) is 5.02 Å². The number of amides is 1. The van der Waals surface area contributed by atoms with Gasteiger partial charge >= 0.3 is 0 Å². The van der Waals surface area contributed by atoms with Gasteiger partial charge in [0.2, 0.25) is 0 Å².